The number of nitrogens with zero attached hydrogens (tertiary/aromatic N) is 1. The lowest BCUT2D eigenvalue weighted by Gasteiger charge is -2.31. The van der Waals surface area contributed by atoms with Crippen LogP contribution in [0.5, 0.6) is 0 Å². The molecule has 0 N–H and O–H groups in total. The number of benzene rings is 9. The molecule has 1 aliphatic rings. The lowest BCUT2D eigenvalue weighted by atomic mass is 9.81. The molecular formula is C59H46FNSi. The lowest BCUT2D eigenvalue weighted by Crippen LogP contribution is -2.66. The van der Waals surface area contributed by atoms with E-state index in [0.717, 1.165) is 33.6 Å². The number of rotatable bonds is 10. The Morgan fingerprint density at radius 3 is 1.44 bits per heavy atom. The average Bonchev–Trinajstić information content (AvgIpc) is 3.56. The molecule has 1 aliphatic carbocycles. The van der Waals surface area contributed by atoms with Crippen molar-refractivity contribution in [3.05, 3.63) is 259 Å². The quantitative estimate of drug-likeness (QED) is 0.0982. The van der Waals surface area contributed by atoms with E-state index in [9.17, 15) is 0 Å². The van der Waals surface area contributed by atoms with E-state index in [4.69, 9.17) is 0 Å². The van der Waals surface area contributed by atoms with Crippen molar-refractivity contribution in [2.24, 2.45) is 0 Å². The summed E-state index contributed by atoms with van der Waals surface area (Å²) in [6.07, 6.45) is 2.36. The van der Waals surface area contributed by atoms with Gasteiger partial charge in [0, 0.05) is 22.4 Å². The molecule has 9 aromatic carbocycles. The SMILES string of the molecule is CC1(C)c2cc(C=C[Si](c3ccccc3)(c3ccccc3)c3ccccc3)ccc2-c2ccc(N(c3ccccc3)c3c(F)cc(-c4ccccc4)cc3-c3ccccc3)cc21. The van der Waals surface area contributed by atoms with E-state index < -0.39 is 8.07 Å². The van der Waals surface area contributed by atoms with Crippen molar-refractivity contribution in [1.82, 2.24) is 0 Å². The third kappa shape index (κ3) is 6.91. The fourth-order valence-electron chi connectivity index (χ4n) is 9.54. The Morgan fingerprint density at radius 1 is 0.419 bits per heavy atom. The van der Waals surface area contributed by atoms with Gasteiger partial charge in [0.1, 0.15) is 5.82 Å². The summed E-state index contributed by atoms with van der Waals surface area (Å²) in [5.41, 5.74) is 14.2. The third-order valence-electron chi connectivity index (χ3n) is 12.6. The Hall–Kier alpha value is -7.33. The topological polar surface area (TPSA) is 3.24 Å². The minimum Gasteiger partial charge on any atom is -0.307 e. The predicted molar refractivity (Wildman–Crippen MR) is 263 cm³/mol. The monoisotopic (exact) mass is 815 g/mol. The molecule has 0 aliphatic heterocycles. The van der Waals surface area contributed by atoms with E-state index in [-0.39, 0.29) is 11.2 Å². The van der Waals surface area contributed by atoms with Crippen LogP contribution in [-0.2, 0) is 5.41 Å². The molecule has 1 nitrogen and oxygen atoms in total. The number of anilines is 3. The fourth-order valence-corrected chi connectivity index (χ4v) is 13.7. The van der Waals surface area contributed by atoms with Crippen LogP contribution in [0.1, 0.15) is 30.5 Å². The molecule has 0 radical (unpaired) electrons. The number of hydrogen-bond acceptors (Lipinski definition) is 1. The Bertz CT molecular complexity index is 2920. The third-order valence-corrected chi connectivity index (χ3v) is 17.0. The zero-order chi connectivity index (χ0) is 42.1. The molecule has 0 saturated carbocycles. The summed E-state index contributed by atoms with van der Waals surface area (Å²) in [7, 11) is -2.59. The van der Waals surface area contributed by atoms with Crippen molar-refractivity contribution in [3.8, 4) is 33.4 Å². The molecule has 3 heteroatoms. The van der Waals surface area contributed by atoms with Crippen molar-refractivity contribution in [3.63, 3.8) is 0 Å². The molecule has 0 saturated heterocycles. The summed E-state index contributed by atoms with van der Waals surface area (Å²) in [6, 6.07) is 80.9. The molecule has 0 bridgehead atoms. The van der Waals surface area contributed by atoms with Gasteiger partial charge in [-0.05, 0) is 96.5 Å². The summed E-state index contributed by atoms with van der Waals surface area (Å²) < 4.78 is 17.2. The Balaban J connectivity index is 1.09. The van der Waals surface area contributed by atoms with Crippen LogP contribution in [0.25, 0.3) is 39.5 Å². The van der Waals surface area contributed by atoms with Crippen molar-refractivity contribution in [1.29, 1.82) is 0 Å². The Kier molecular flexibility index (Phi) is 10.2. The number of hydrogen-bond donors (Lipinski definition) is 0. The van der Waals surface area contributed by atoms with E-state index in [1.54, 1.807) is 6.07 Å². The molecule has 0 unspecified atom stereocenters. The van der Waals surface area contributed by atoms with Crippen LogP contribution < -0.4 is 20.5 Å². The van der Waals surface area contributed by atoms with Crippen LogP contribution in [0, 0.1) is 5.82 Å². The highest BCUT2D eigenvalue weighted by Gasteiger charge is 2.38. The van der Waals surface area contributed by atoms with E-state index in [2.05, 4.69) is 188 Å². The molecule has 10 rings (SSSR count). The smallest absolute Gasteiger partial charge is 0.172 e. The van der Waals surface area contributed by atoms with Gasteiger partial charge in [0.25, 0.3) is 0 Å². The summed E-state index contributed by atoms with van der Waals surface area (Å²) in [5, 5.41) is 4.04. The van der Waals surface area contributed by atoms with E-state index in [0.29, 0.717) is 5.69 Å². The molecule has 9 aromatic rings. The largest absolute Gasteiger partial charge is 0.307 e. The minimum atomic E-state index is -2.59. The predicted octanol–water partition coefficient (Wildman–Crippen LogP) is 13.7. The summed E-state index contributed by atoms with van der Waals surface area (Å²) >= 11 is 0. The van der Waals surface area contributed by atoms with Crippen LogP contribution in [-0.4, -0.2) is 8.07 Å². The zero-order valence-electron chi connectivity index (χ0n) is 34.9. The first kappa shape index (κ1) is 38.8. The van der Waals surface area contributed by atoms with Gasteiger partial charge in [-0.1, -0.05) is 220 Å². The standard InChI is InChI=1S/C59H46FNSi/c1-59(2)55-39-43(37-38-62(49-27-15-6-16-28-49,50-29-17-7-18-30-50)51-31-19-8-20-32-51)33-35-52(55)53-36-34-48(42-56(53)59)61(47-25-13-5-14-26-47)58-54(45-23-11-4-12-24-45)40-46(41-57(58)60)44-21-9-3-10-22-44/h3-42H,1-2H3. The lowest BCUT2D eigenvalue weighted by molar-refractivity contribution is 0.629. The van der Waals surface area contributed by atoms with Crippen LogP contribution >= 0.6 is 0 Å². The number of fused-ring (bicyclic) bond motifs is 3. The second-order valence-electron chi connectivity index (χ2n) is 16.7. The minimum absolute atomic E-state index is 0.283. The average molecular weight is 816 g/mol. The second-order valence-corrected chi connectivity index (χ2v) is 20.3. The van der Waals surface area contributed by atoms with Gasteiger partial charge >= 0.3 is 0 Å². The van der Waals surface area contributed by atoms with Gasteiger partial charge in [-0.25, -0.2) is 4.39 Å². The Morgan fingerprint density at radius 2 is 0.887 bits per heavy atom. The maximum absolute atomic E-state index is 17.2. The number of para-hydroxylation sites is 1. The van der Waals surface area contributed by atoms with Gasteiger partial charge in [0.05, 0.1) is 5.69 Å². The van der Waals surface area contributed by atoms with Gasteiger partial charge in [0.15, 0.2) is 8.07 Å². The van der Waals surface area contributed by atoms with E-state index in [1.807, 2.05) is 66.7 Å². The fraction of sp³-hybridized carbons (Fsp3) is 0.0508. The number of halogens is 1. The van der Waals surface area contributed by atoms with Gasteiger partial charge < -0.3 is 4.90 Å². The van der Waals surface area contributed by atoms with Crippen molar-refractivity contribution in [2.75, 3.05) is 4.90 Å². The first-order chi connectivity index (χ1) is 30.4. The van der Waals surface area contributed by atoms with Gasteiger partial charge in [0.2, 0.25) is 0 Å². The molecule has 298 valence electrons. The first-order valence-corrected chi connectivity index (χ1v) is 23.4. The zero-order valence-corrected chi connectivity index (χ0v) is 35.9. The molecule has 0 heterocycles. The summed E-state index contributed by atoms with van der Waals surface area (Å²) in [6.45, 7) is 4.65. The summed E-state index contributed by atoms with van der Waals surface area (Å²) in [5.74, 6) is -0.283. The second kappa shape index (κ2) is 16.3. The van der Waals surface area contributed by atoms with Crippen molar-refractivity contribution in [2.45, 2.75) is 19.3 Å². The molecule has 0 spiro atoms. The van der Waals surface area contributed by atoms with Gasteiger partial charge in [-0.15, -0.1) is 0 Å². The summed E-state index contributed by atoms with van der Waals surface area (Å²) in [4.78, 5) is 2.10. The van der Waals surface area contributed by atoms with Crippen LogP contribution in [0.4, 0.5) is 21.5 Å². The normalized spacial score (nSPS) is 12.8. The molecule has 0 amide bonds. The van der Waals surface area contributed by atoms with E-state index in [1.165, 1.54) is 43.4 Å². The Labute approximate surface area is 365 Å². The van der Waals surface area contributed by atoms with Crippen LogP contribution in [0.3, 0.4) is 0 Å². The van der Waals surface area contributed by atoms with Crippen molar-refractivity contribution >= 4 is 46.8 Å². The van der Waals surface area contributed by atoms with Crippen LogP contribution in [0.15, 0.2) is 236 Å². The molecule has 62 heavy (non-hydrogen) atoms. The highest BCUT2D eigenvalue weighted by molar-refractivity contribution is 7.15. The molecule has 0 fully saturated rings. The highest BCUT2D eigenvalue weighted by atomic mass is 28.3. The molecular weight excluding hydrogens is 770 g/mol. The van der Waals surface area contributed by atoms with Gasteiger partial charge in [-0.2, -0.15) is 0 Å². The van der Waals surface area contributed by atoms with E-state index >= 15 is 4.39 Å². The maximum atomic E-state index is 17.2. The van der Waals surface area contributed by atoms with Crippen molar-refractivity contribution < 1.29 is 4.39 Å². The molecule has 0 aromatic heterocycles. The first-order valence-electron chi connectivity index (χ1n) is 21.4. The van der Waals surface area contributed by atoms with Crippen LogP contribution in [0.2, 0.25) is 0 Å². The van der Waals surface area contributed by atoms with Gasteiger partial charge in [-0.3, -0.25) is 0 Å². The highest BCUT2D eigenvalue weighted by Crippen LogP contribution is 2.52. The maximum Gasteiger partial charge on any atom is 0.172 e. The molecule has 0 atom stereocenters.